The Morgan fingerprint density at radius 2 is 0.791 bits per heavy atom. The molecule has 1 heterocycles. The fourth-order valence-electron chi connectivity index (χ4n) is 11.3. The Hall–Kier alpha value is -5.44. The molecule has 1 saturated heterocycles. The molecule has 13 heteroatoms. The topological polar surface area (TPSA) is 160 Å². The summed E-state index contributed by atoms with van der Waals surface area (Å²) >= 11 is 0. The molecule has 0 aliphatic carbocycles. The first-order valence-electron chi connectivity index (χ1n) is 33.4. The summed E-state index contributed by atoms with van der Waals surface area (Å²) in [5, 5.41) is 8.70. The van der Waals surface area contributed by atoms with E-state index in [1.54, 1.807) is 0 Å². The van der Waals surface area contributed by atoms with E-state index in [2.05, 4.69) is 29.8 Å². The lowest BCUT2D eigenvalue weighted by Gasteiger charge is -2.45. The van der Waals surface area contributed by atoms with Crippen LogP contribution >= 0.6 is 0 Å². The average Bonchev–Trinajstić information content (AvgIpc) is 2.64. The van der Waals surface area contributed by atoms with E-state index in [4.69, 9.17) is 28.4 Å². The maximum Gasteiger partial charge on any atom is 0.306 e. The summed E-state index contributed by atoms with van der Waals surface area (Å²) < 4.78 is 39.5. The van der Waals surface area contributed by atoms with Crippen LogP contribution in [0.25, 0.3) is 0 Å². The van der Waals surface area contributed by atoms with E-state index in [0.29, 0.717) is 19.4 Å². The lowest BCUT2D eigenvalue weighted by atomic mass is 9.92. The third kappa shape index (κ3) is 29.5. The third-order valence-corrected chi connectivity index (χ3v) is 16.6. The molecular weight excluding hydrogens is 1080 g/mol. The standard InChI is InChI=1S/C73H109N3O10/c1-5-7-9-11-13-15-17-19-21-23-25-39-49-63(50-40-26-24-22-20-18-16-14-12-10-8-6-2)70(78)76-65(72(80)75-64(71(79)74-4)51-52-66(77)81-53-59-41-31-27-32-42-59)57-85-73-69(84-56-62-47-37-30-38-48-62)68(83-55-61-45-35-29-36-46-61)67(58(3)86-73)82-54-60-43-33-28-34-44-60/h27-38,41-48,58,63-65,67-69,73H,5-26,39-40,49-57H2,1-4H3,(H,74,79)(H,75,80)(H,76,78)/t58-,64+,65+,67+,68+,69-,73+/m0/s1. The number of amides is 3. The molecule has 0 bridgehead atoms. The summed E-state index contributed by atoms with van der Waals surface area (Å²) in [5.41, 5.74) is 3.71. The molecule has 4 aromatic rings. The van der Waals surface area contributed by atoms with Gasteiger partial charge in [0.25, 0.3) is 0 Å². The highest BCUT2D eigenvalue weighted by atomic mass is 16.7. The maximum atomic E-state index is 15.0. The molecule has 0 saturated carbocycles. The number of benzene rings is 4. The van der Waals surface area contributed by atoms with Crippen LogP contribution in [0.15, 0.2) is 121 Å². The van der Waals surface area contributed by atoms with Gasteiger partial charge in [-0.25, -0.2) is 0 Å². The molecule has 0 aromatic heterocycles. The number of carbonyl (C=O) groups excluding carboxylic acids is 4. The number of hydrogen-bond donors (Lipinski definition) is 3. The molecule has 3 amide bonds. The van der Waals surface area contributed by atoms with Crippen molar-refractivity contribution in [2.75, 3.05) is 13.7 Å². The van der Waals surface area contributed by atoms with Crippen molar-refractivity contribution < 1.29 is 47.6 Å². The Bertz CT molecular complexity index is 2340. The number of hydrogen-bond acceptors (Lipinski definition) is 10. The van der Waals surface area contributed by atoms with Gasteiger partial charge in [0.1, 0.15) is 37.0 Å². The zero-order valence-corrected chi connectivity index (χ0v) is 53.1. The second kappa shape index (κ2) is 44.9. The third-order valence-electron chi connectivity index (χ3n) is 16.6. The van der Waals surface area contributed by atoms with Gasteiger partial charge in [0.15, 0.2) is 6.29 Å². The number of unbranched alkanes of at least 4 members (excludes halogenated alkanes) is 22. The molecule has 5 rings (SSSR count). The summed E-state index contributed by atoms with van der Waals surface area (Å²) in [5.74, 6) is -2.20. The van der Waals surface area contributed by atoms with Crippen LogP contribution in [-0.4, -0.2) is 80.1 Å². The largest absolute Gasteiger partial charge is 0.461 e. The van der Waals surface area contributed by atoms with Crippen molar-refractivity contribution in [3.8, 4) is 0 Å². The maximum absolute atomic E-state index is 15.0. The van der Waals surface area contributed by atoms with Crippen molar-refractivity contribution in [2.24, 2.45) is 5.92 Å². The second-order valence-corrected chi connectivity index (χ2v) is 23.8. The Morgan fingerprint density at radius 1 is 0.419 bits per heavy atom. The summed E-state index contributed by atoms with van der Waals surface area (Å²) in [4.78, 5) is 56.6. The molecule has 1 aliphatic heterocycles. The van der Waals surface area contributed by atoms with Gasteiger partial charge in [-0.15, -0.1) is 0 Å². The average molecular weight is 1190 g/mol. The van der Waals surface area contributed by atoms with Crippen LogP contribution in [0.3, 0.4) is 0 Å². The Morgan fingerprint density at radius 3 is 1.21 bits per heavy atom. The van der Waals surface area contributed by atoms with E-state index >= 15 is 0 Å². The van der Waals surface area contributed by atoms with Crippen molar-refractivity contribution >= 4 is 23.7 Å². The lowest BCUT2D eigenvalue weighted by Crippen LogP contribution is -2.61. The van der Waals surface area contributed by atoms with Gasteiger partial charge in [0.05, 0.1) is 32.5 Å². The van der Waals surface area contributed by atoms with Crippen LogP contribution in [0, 0.1) is 5.92 Å². The first kappa shape index (κ1) is 71.3. The first-order valence-corrected chi connectivity index (χ1v) is 33.4. The van der Waals surface area contributed by atoms with Gasteiger partial charge in [-0.1, -0.05) is 289 Å². The van der Waals surface area contributed by atoms with E-state index in [0.717, 1.165) is 60.8 Å². The van der Waals surface area contributed by atoms with Crippen molar-refractivity contribution in [1.29, 1.82) is 0 Å². The molecule has 1 aliphatic rings. The van der Waals surface area contributed by atoms with E-state index in [1.807, 2.05) is 128 Å². The van der Waals surface area contributed by atoms with Crippen molar-refractivity contribution in [3.05, 3.63) is 144 Å². The zero-order valence-electron chi connectivity index (χ0n) is 53.1. The molecule has 7 atom stereocenters. The van der Waals surface area contributed by atoms with E-state index in [9.17, 15) is 19.2 Å². The van der Waals surface area contributed by atoms with Crippen LogP contribution in [0.4, 0.5) is 0 Å². The highest BCUT2D eigenvalue weighted by Crippen LogP contribution is 2.32. The van der Waals surface area contributed by atoms with Crippen LogP contribution in [0.2, 0.25) is 0 Å². The van der Waals surface area contributed by atoms with Gasteiger partial charge >= 0.3 is 5.97 Å². The Labute approximate surface area is 517 Å². The Balaban J connectivity index is 1.37. The van der Waals surface area contributed by atoms with Crippen molar-refractivity contribution in [3.63, 3.8) is 0 Å². The SMILES string of the molecule is CCCCCCCCCCCCCCC(CCCCCCCCCCCCCC)C(=O)N[C@H](CO[C@@H]1O[C@@H](C)[C@@H](OCc2ccccc2)[C@@H](OCc2ccccc2)[C@@H]1OCc1ccccc1)C(=O)N[C@H](CCC(=O)OCc1ccccc1)C(=O)NC. The van der Waals surface area contributed by atoms with Gasteiger partial charge in [0, 0.05) is 19.4 Å². The molecule has 0 unspecified atom stereocenters. The molecular formula is C73H109N3O10. The lowest BCUT2D eigenvalue weighted by molar-refractivity contribution is -0.320. The van der Waals surface area contributed by atoms with Gasteiger partial charge < -0.3 is 44.4 Å². The summed E-state index contributed by atoms with van der Waals surface area (Å²) in [6, 6.07) is 36.7. The summed E-state index contributed by atoms with van der Waals surface area (Å²) in [6.45, 7) is 6.93. The van der Waals surface area contributed by atoms with E-state index in [1.165, 1.54) is 123 Å². The van der Waals surface area contributed by atoms with E-state index < -0.39 is 60.6 Å². The molecule has 4 aromatic carbocycles. The van der Waals surface area contributed by atoms with Crippen LogP contribution < -0.4 is 16.0 Å². The summed E-state index contributed by atoms with van der Waals surface area (Å²) in [7, 11) is 1.48. The van der Waals surface area contributed by atoms with Gasteiger partial charge in [0.2, 0.25) is 17.7 Å². The minimum Gasteiger partial charge on any atom is -0.461 e. The van der Waals surface area contributed by atoms with Crippen molar-refractivity contribution in [1.82, 2.24) is 16.0 Å². The minimum absolute atomic E-state index is 0.0371. The number of nitrogens with one attached hydrogen (secondary N) is 3. The fraction of sp³-hybridized carbons (Fsp3) is 0.616. The predicted molar refractivity (Wildman–Crippen MR) is 344 cm³/mol. The molecule has 3 N–H and O–H groups in total. The fourth-order valence-corrected chi connectivity index (χ4v) is 11.3. The van der Waals surface area contributed by atoms with Gasteiger partial charge in [-0.05, 0) is 48.4 Å². The predicted octanol–water partition coefficient (Wildman–Crippen LogP) is 15.5. The number of carbonyl (C=O) groups is 4. The van der Waals surface area contributed by atoms with Crippen LogP contribution in [0.1, 0.15) is 223 Å². The van der Waals surface area contributed by atoms with E-state index in [-0.39, 0.29) is 51.1 Å². The molecule has 1 fully saturated rings. The minimum atomic E-state index is -1.27. The zero-order chi connectivity index (χ0) is 61.1. The monoisotopic (exact) mass is 1190 g/mol. The first-order chi connectivity index (χ1) is 42.2. The Kier molecular flexibility index (Phi) is 37.2. The van der Waals surface area contributed by atoms with Gasteiger partial charge in [-0.3, -0.25) is 19.2 Å². The molecule has 0 radical (unpaired) electrons. The number of ether oxygens (including phenoxy) is 6. The number of esters is 1. The highest BCUT2D eigenvalue weighted by molar-refractivity contribution is 5.92. The molecule has 13 nitrogen and oxygen atoms in total. The normalized spacial score (nSPS) is 17.4. The van der Waals surface area contributed by atoms with Crippen molar-refractivity contribution in [2.45, 2.75) is 270 Å². The second-order valence-electron chi connectivity index (χ2n) is 23.8. The van der Waals surface area contributed by atoms with Gasteiger partial charge in [-0.2, -0.15) is 0 Å². The van der Waals surface area contributed by atoms with Crippen LogP contribution in [0.5, 0.6) is 0 Å². The highest BCUT2D eigenvalue weighted by Gasteiger charge is 2.48. The summed E-state index contributed by atoms with van der Waals surface area (Å²) in [6.07, 6.45) is 26.7. The molecule has 0 spiro atoms. The smallest absolute Gasteiger partial charge is 0.306 e. The quantitative estimate of drug-likeness (QED) is 0.0287. The molecule has 476 valence electrons. The van der Waals surface area contributed by atoms with Crippen LogP contribution in [-0.2, 0) is 74.0 Å². The molecule has 86 heavy (non-hydrogen) atoms. The number of likely N-dealkylation sites (N-methyl/N-ethyl adjacent to an activating group) is 1. The number of rotatable bonds is 48.